The second-order valence-corrected chi connectivity index (χ2v) is 13.4. The molecule has 0 saturated heterocycles. The number of hydrogen-bond donors (Lipinski definition) is 3. The Morgan fingerprint density at radius 2 is 0.576 bits per heavy atom. The first kappa shape index (κ1) is 59.0. The summed E-state index contributed by atoms with van der Waals surface area (Å²) in [5.74, 6) is -99.8. The van der Waals surface area contributed by atoms with Gasteiger partial charge in [0.25, 0.3) is 0 Å². The molecule has 0 aromatic rings. The minimum Gasteiger partial charge on any atom is -0.394 e. The third kappa shape index (κ3) is 10.4. The molecule has 37 heteroatoms. The van der Waals surface area contributed by atoms with Crippen molar-refractivity contribution in [3.05, 3.63) is 0 Å². The number of phosphoric ester groups is 1. The number of phosphoric acid groups is 1. The third-order valence-electron chi connectivity index (χ3n) is 6.53. The van der Waals surface area contributed by atoms with Crippen molar-refractivity contribution >= 4 is 7.82 Å². The first-order chi connectivity index (χ1) is 25.0. The van der Waals surface area contributed by atoms with Gasteiger partial charge in [0.15, 0.2) is 0 Å². The summed E-state index contributed by atoms with van der Waals surface area (Å²) >= 11 is 0. The van der Waals surface area contributed by atoms with Crippen LogP contribution in [0.1, 0.15) is 26.7 Å². The van der Waals surface area contributed by atoms with Crippen LogP contribution >= 0.6 is 7.82 Å². The maximum atomic E-state index is 13.7. The zero-order valence-electron chi connectivity index (χ0n) is 27.5. The Labute approximate surface area is 305 Å². The van der Waals surface area contributed by atoms with E-state index in [1.807, 2.05) is 0 Å². The average molecular weight is 979 g/mol. The van der Waals surface area contributed by atoms with Gasteiger partial charge in [-0.25, -0.2) is 4.57 Å². The van der Waals surface area contributed by atoms with Crippen LogP contribution in [0.25, 0.3) is 0 Å². The molecule has 0 amide bonds. The van der Waals surface area contributed by atoms with E-state index in [0.29, 0.717) is 0 Å². The molecule has 0 aromatic heterocycles. The molecule has 0 aliphatic heterocycles. The van der Waals surface area contributed by atoms with E-state index in [1.165, 1.54) is 0 Å². The lowest BCUT2D eigenvalue weighted by atomic mass is 9.90. The highest BCUT2D eigenvalue weighted by Crippen LogP contribution is 2.64. The summed E-state index contributed by atoms with van der Waals surface area (Å²) in [6.45, 7) is -2.34. The van der Waals surface area contributed by atoms with Crippen LogP contribution in [0.2, 0.25) is 0 Å². The van der Waals surface area contributed by atoms with Crippen LogP contribution in [0.4, 0.5) is 132 Å². The van der Waals surface area contributed by atoms with Crippen LogP contribution in [0, 0.1) is 0 Å². The first-order valence-corrected chi connectivity index (χ1v) is 15.2. The van der Waals surface area contributed by atoms with Gasteiger partial charge in [-0.3, -0.25) is 9.05 Å². The Balaban J connectivity index is 0. The van der Waals surface area contributed by atoms with E-state index >= 15 is 0 Å². The van der Waals surface area contributed by atoms with Gasteiger partial charge in [0.05, 0.1) is 19.8 Å². The van der Waals surface area contributed by atoms with E-state index in [-0.39, 0.29) is 6.61 Å². The maximum Gasteiger partial charge on any atom is 0.472 e. The minimum atomic E-state index is -8.79. The van der Waals surface area contributed by atoms with Gasteiger partial charge in [-0.1, -0.05) is 0 Å². The molecule has 0 aliphatic carbocycles. The van der Waals surface area contributed by atoms with Gasteiger partial charge in [0, 0.05) is 18.4 Å². The van der Waals surface area contributed by atoms with Crippen LogP contribution < -0.4 is 5.73 Å². The fourth-order valence-corrected chi connectivity index (χ4v) is 3.65. The number of aliphatic hydroxyl groups is 1. The molecule has 0 heterocycles. The molecule has 0 unspecified atom stereocenters. The summed E-state index contributed by atoms with van der Waals surface area (Å²) in [6, 6.07) is 0. The number of halogens is 30. The van der Waals surface area contributed by atoms with Gasteiger partial charge in [-0.05, 0) is 13.8 Å². The molecule has 0 bridgehead atoms. The van der Waals surface area contributed by atoms with E-state index in [9.17, 15) is 136 Å². The standard InChI is InChI=1S/C18H9F30O4P.C4H11NO/c19-5(20,7(23,24)9(27,28)11(31,32)13(35,36)15(39,40)17(43,44)45)1-3-51-53(49,50)52-4-2-6(21,22)8(25,26)10(29,30)12(33,34)14(37,38)16(41,42)18(46,47)48;1-4(2,5)3-6/h1-4H2,(H,49,50);6H,3,5H2,1-2H3. The molecule has 4 N–H and O–H groups in total. The van der Waals surface area contributed by atoms with Crippen molar-refractivity contribution in [2.24, 2.45) is 5.73 Å². The van der Waals surface area contributed by atoms with E-state index in [2.05, 4.69) is 9.05 Å². The topological polar surface area (TPSA) is 102 Å². The Morgan fingerprint density at radius 3 is 0.746 bits per heavy atom. The van der Waals surface area contributed by atoms with E-state index in [0.717, 1.165) is 0 Å². The highest BCUT2D eigenvalue weighted by molar-refractivity contribution is 7.47. The predicted octanol–water partition coefficient (Wildman–Crippen LogP) is 10.4. The summed E-state index contributed by atoms with van der Waals surface area (Å²) in [7, 11) is -6.77. The summed E-state index contributed by atoms with van der Waals surface area (Å²) in [4.78, 5) is 8.97. The molecule has 0 spiro atoms. The molecule has 0 saturated carbocycles. The molecule has 59 heavy (non-hydrogen) atoms. The Bertz CT molecular complexity index is 1350. The number of rotatable bonds is 19. The second kappa shape index (κ2) is 16.6. The van der Waals surface area contributed by atoms with Gasteiger partial charge < -0.3 is 15.7 Å². The Morgan fingerprint density at radius 1 is 0.407 bits per heavy atom. The van der Waals surface area contributed by atoms with Gasteiger partial charge in [0.2, 0.25) is 0 Å². The fraction of sp³-hybridized carbons (Fsp3) is 1.00. The van der Waals surface area contributed by atoms with Crippen LogP contribution in [-0.4, -0.2) is 119 Å². The van der Waals surface area contributed by atoms with Crippen molar-refractivity contribution in [1.82, 2.24) is 0 Å². The largest absolute Gasteiger partial charge is 0.472 e. The van der Waals surface area contributed by atoms with Gasteiger partial charge in [-0.15, -0.1) is 0 Å². The molecule has 0 radical (unpaired) electrons. The van der Waals surface area contributed by atoms with Crippen molar-refractivity contribution in [2.75, 3.05) is 19.8 Å². The van der Waals surface area contributed by atoms with E-state index < -0.39 is 123 Å². The number of hydrogen-bond acceptors (Lipinski definition) is 5. The van der Waals surface area contributed by atoms with Gasteiger partial charge in [-0.2, -0.15) is 132 Å². The van der Waals surface area contributed by atoms with Crippen LogP contribution in [0.3, 0.4) is 0 Å². The van der Waals surface area contributed by atoms with Crippen molar-refractivity contribution < 1.29 is 155 Å². The van der Waals surface area contributed by atoms with E-state index in [1.54, 1.807) is 13.8 Å². The molecule has 0 fully saturated rings. The van der Waals surface area contributed by atoms with Crippen LogP contribution in [-0.2, 0) is 13.6 Å². The zero-order valence-corrected chi connectivity index (χ0v) is 28.4. The van der Waals surface area contributed by atoms with Crippen LogP contribution in [0.5, 0.6) is 0 Å². The molecule has 6 nitrogen and oxygen atoms in total. The second-order valence-electron chi connectivity index (χ2n) is 11.9. The molecule has 0 atom stereocenters. The summed E-state index contributed by atoms with van der Waals surface area (Å²) < 4.78 is 411. The summed E-state index contributed by atoms with van der Waals surface area (Å²) in [5, 5.41) is 8.28. The van der Waals surface area contributed by atoms with Crippen molar-refractivity contribution in [2.45, 2.75) is 116 Å². The van der Waals surface area contributed by atoms with Crippen molar-refractivity contribution in [3.63, 3.8) is 0 Å². The predicted molar refractivity (Wildman–Crippen MR) is 128 cm³/mol. The lowest BCUT2D eigenvalue weighted by Crippen LogP contribution is -2.72. The number of nitrogens with two attached hydrogens (primary N) is 1. The maximum absolute atomic E-state index is 13.7. The number of alkyl halides is 30. The zero-order chi connectivity index (χ0) is 48.9. The average Bonchev–Trinajstić information content (AvgIpc) is 2.98. The van der Waals surface area contributed by atoms with Gasteiger partial charge >= 0.3 is 91.2 Å². The lowest BCUT2D eigenvalue weighted by Gasteiger charge is -2.41. The SMILES string of the molecule is CC(C)(N)CO.O=P(O)(OCCC(F)(F)C(F)(F)C(F)(F)C(F)(F)C(F)(F)C(F)(F)C(F)(F)F)OCCC(F)(F)C(F)(F)C(F)(F)C(F)(F)C(F)(F)C(F)(F)C(F)(F)F. The van der Waals surface area contributed by atoms with Crippen molar-refractivity contribution in [1.29, 1.82) is 0 Å². The normalized spacial score (nSPS) is 16.3. The molecule has 0 aliphatic rings. The van der Waals surface area contributed by atoms with Crippen molar-refractivity contribution in [3.8, 4) is 0 Å². The highest BCUT2D eigenvalue weighted by Gasteiger charge is 2.94. The third-order valence-corrected chi connectivity index (χ3v) is 7.55. The quantitative estimate of drug-likeness (QED) is 0.0881. The molecular weight excluding hydrogens is 959 g/mol. The Hall–Kier alpha value is -2.07. The first-order valence-electron chi connectivity index (χ1n) is 13.7. The van der Waals surface area contributed by atoms with E-state index in [4.69, 9.17) is 15.7 Å². The molecular formula is C22H20F30NO5P. The molecule has 358 valence electrons. The fourth-order valence-electron chi connectivity index (χ4n) is 2.93. The molecule has 0 aromatic carbocycles. The highest BCUT2D eigenvalue weighted by atomic mass is 31.2. The summed E-state index contributed by atoms with van der Waals surface area (Å²) in [5.41, 5.74) is 4.88. The van der Waals surface area contributed by atoms with Gasteiger partial charge in [0.1, 0.15) is 0 Å². The summed E-state index contributed by atoms with van der Waals surface area (Å²) in [6.07, 6.45) is -23.1. The minimum absolute atomic E-state index is 0.0486. The number of aliphatic hydroxyl groups excluding tert-OH is 1. The van der Waals surface area contributed by atoms with Crippen LogP contribution in [0.15, 0.2) is 0 Å². The molecule has 0 rings (SSSR count). The Kier molecular flexibility index (Phi) is 16.6. The monoisotopic (exact) mass is 979 g/mol. The lowest BCUT2D eigenvalue weighted by molar-refractivity contribution is -0.452. The smallest absolute Gasteiger partial charge is 0.394 e.